The Balaban J connectivity index is 1.92. The quantitative estimate of drug-likeness (QED) is 0.824. The van der Waals surface area contributed by atoms with Gasteiger partial charge in [-0.1, -0.05) is 6.07 Å². The number of hydrogen-bond donors (Lipinski definition) is 1. The lowest BCUT2D eigenvalue weighted by Crippen LogP contribution is -2.45. The maximum atomic E-state index is 5.55. The van der Waals surface area contributed by atoms with E-state index in [1.807, 2.05) is 25.1 Å². The van der Waals surface area contributed by atoms with Crippen molar-refractivity contribution in [1.82, 2.24) is 4.98 Å². The van der Waals surface area contributed by atoms with Crippen LogP contribution in [0.25, 0.3) is 0 Å². The second kappa shape index (κ2) is 5.36. The summed E-state index contributed by atoms with van der Waals surface area (Å²) >= 11 is 0. The van der Waals surface area contributed by atoms with Crippen molar-refractivity contribution in [1.29, 1.82) is 0 Å². The summed E-state index contributed by atoms with van der Waals surface area (Å²) in [7, 11) is 1.78. The fraction of sp³-hybridized carbons (Fsp3) is 0.615. The van der Waals surface area contributed by atoms with Gasteiger partial charge < -0.3 is 14.8 Å². The predicted octanol–water partition coefficient (Wildman–Crippen LogP) is 2.46. The van der Waals surface area contributed by atoms with Crippen LogP contribution in [0.15, 0.2) is 18.2 Å². The number of nitrogens with one attached hydrogen (secondary N) is 1. The molecule has 0 atom stereocenters. The summed E-state index contributed by atoms with van der Waals surface area (Å²) in [6.45, 7) is 3.40. The van der Waals surface area contributed by atoms with Crippen LogP contribution in [-0.4, -0.2) is 30.8 Å². The van der Waals surface area contributed by atoms with E-state index < -0.39 is 0 Å². The van der Waals surface area contributed by atoms with Crippen LogP contribution in [0.4, 0.5) is 5.82 Å². The minimum Gasteiger partial charge on any atom is -0.478 e. The SMILES string of the molecule is CCOc1cccc(NCC2(OC)CCC2)n1. The molecule has 0 aliphatic heterocycles. The van der Waals surface area contributed by atoms with Crippen LogP contribution in [-0.2, 0) is 4.74 Å². The maximum absolute atomic E-state index is 5.55. The zero-order chi connectivity index (χ0) is 12.1. The molecule has 0 unspecified atom stereocenters. The number of rotatable bonds is 6. The monoisotopic (exact) mass is 236 g/mol. The summed E-state index contributed by atoms with van der Waals surface area (Å²) in [5, 5.41) is 3.32. The number of ether oxygens (including phenoxy) is 2. The molecule has 1 aromatic rings. The lowest BCUT2D eigenvalue weighted by Gasteiger charge is -2.40. The molecule has 0 bridgehead atoms. The van der Waals surface area contributed by atoms with E-state index >= 15 is 0 Å². The van der Waals surface area contributed by atoms with Crippen molar-refractivity contribution < 1.29 is 9.47 Å². The summed E-state index contributed by atoms with van der Waals surface area (Å²) in [6, 6.07) is 5.76. The number of nitrogens with zero attached hydrogens (tertiary/aromatic N) is 1. The van der Waals surface area contributed by atoms with E-state index in [9.17, 15) is 0 Å². The van der Waals surface area contributed by atoms with Crippen LogP contribution in [0.1, 0.15) is 26.2 Å². The zero-order valence-electron chi connectivity index (χ0n) is 10.5. The molecule has 1 aliphatic carbocycles. The summed E-state index contributed by atoms with van der Waals surface area (Å²) in [4.78, 5) is 4.37. The molecule has 1 aliphatic rings. The first kappa shape index (κ1) is 12.2. The summed E-state index contributed by atoms with van der Waals surface area (Å²) in [5.41, 5.74) is 0.0172. The molecule has 1 fully saturated rings. The van der Waals surface area contributed by atoms with Gasteiger partial charge in [0.1, 0.15) is 5.82 Å². The first-order chi connectivity index (χ1) is 8.28. The van der Waals surface area contributed by atoms with E-state index in [1.165, 1.54) is 6.42 Å². The molecule has 0 saturated heterocycles. The average Bonchev–Trinajstić information content (AvgIpc) is 2.29. The molecular weight excluding hydrogens is 216 g/mol. The van der Waals surface area contributed by atoms with Gasteiger partial charge in [0.2, 0.25) is 5.88 Å². The van der Waals surface area contributed by atoms with Gasteiger partial charge in [-0.2, -0.15) is 4.98 Å². The highest BCUT2D eigenvalue weighted by atomic mass is 16.5. The maximum Gasteiger partial charge on any atom is 0.215 e. The fourth-order valence-electron chi connectivity index (χ4n) is 2.02. The lowest BCUT2D eigenvalue weighted by atomic mass is 9.80. The molecule has 1 saturated carbocycles. The molecule has 1 heterocycles. The number of methoxy groups -OCH3 is 1. The van der Waals surface area contributed by atoms with Gasteiger partial charge in [-0.15, -0.1) is 0 Å². The van der Waals surface area contributed by atoms with Crippen molar-refractivity contribution >= 4 is 5.82 Å². The summed E-state index contributed by atoms with van der Waals surface area (Å²) < 4.78 is 10.9. The van der Waals surface area contributed by atoms with Crippen LogP contribution in [0.5, 0.6) is 5.88 Å². The first-order valence-electron chi connectivity index (χ1n) is 6.17. The number of pyridine rings is 1. The molecule has 4 heteroatoms. The lowest BCUT2D eigenvalue weighted by molar-refractivity contribution is -0.0601. The Morgan fingerprint density at radius 2 is 2.24 bits per heavy atom. The topological polar surface area (TPSA) is 43.4 Å². The van der Waals surface area contributed by atoms with Crippen molar-refractivity contribution in [3.63, 3.8) is 0 Å². The molecule has 0 radical (unpaired) electrons. The van der Waals surface area contributed by atoms with Gasteiger partial charge in [0.15, 0.2) is 0 Å². The van der Waals surface area contributed by atoms with Gasteiger partial charge in [-0.25, -0.2) is 0 Å². The summed E-state index contributed by atoms with van der Waals surface area (Å²) in [6.07, 6.45) is 3.51. The van der Waals surface area contributed by atoms with Crippen molar-refractivity contribution in [3.8, 4) is 5.88 Å². The van der Waals surface area contributed by atoms with Crippen LogP contribution in [0.3, 0.4) is 0 Å². The van der Waals surface area contributed by atoms with Crippen LogP contribution in [0, 0.1) is 0 Å². The Bertz CT molecular complexity index is 359. The Hall–Kier alpha value is -1.29. The molecule has 4 nitrogen and oxygen atoms in total. The molecule has 94 valence electrons. The van der Waals surface area contributed by atoms with Gasteiger partial charge in [0, 0.05) is 19.7 Å². The predicted molar refractivity (Wildman–Crippen MR) is 67.5 cm³/mol. The van der Waals surface area contributed by atoms with Gasteiger partial charge in [-0.3, -0.25) is 0 Å². The Morgan fingerprint density at radius 1 is 1.41 bits per heavy atom. The van der Waals surface area contributed by atoms with Crippen LogP contribution in [0.2, 0.25) is 0 Å². The standard InChI is InChI=1S/C13H20N2O2/c1-3-17-12-7-4-6-11(15-12)14-10-13(16-2)8-5-9-13/h4,6-7H,3,5,8-10H2,1-2H3,(H,14,15). The number of aromatic nitrogens is 1. The molecule has 1 aromatic heterocycles. The molecule has 17 heavy (non-hydrogen) atoms. The van der Waals surface area contributed by atoms with Crippen LogP contribution < -0.4 is 10.1 Å². The van der Waals surface area contributed by atoms with Crippen LogP contribution >= 0.6 is 0 Å². The number of anilines is 1. The smallest absolute Gasteiger partial charge is 0.215 e. The highest BCUT2D eigenvalue weighted by Crippen LogP contribution is 2.34. The highest BCUT2D eigenvalue weighted by molar-refractivity contribution is 5.37. The average molecular weight is 236 g/mol. The van der Waals surface area contributed by atoms with Crippen molar-refractivity contribution in [2.24, 2.45) is 0 Å². The minimum atomic E-state index is 0.0172. The van der Waals surface area contributed by atoms with E-state index in [1.54, 1.807) is 7.11 Å². The van der Waals surface area contributed by atoms with Crippen molar-refractivity contribution in [2.45, 2.75) is 31.8 Å². The zero-order valence-corrected chi connectivity index (χ0v) is 10.5. The van der Waals surface area contributed by atoms with Gasteiger partial charge in [0.25, 0.3) is 0 Å². The third-order valence-corrected chi connectivity index (χ3v) is 3.31. The first-order valence-corrected chi connectivity index (χ1v) is 6.17. The molecular formula is C13H20N2O2. The minimum absolute atomic E-state index is 0.0172. The largest absolute Gasteiger partial charge is 0.478 e. The second-order valence-electron chi connectivity index (χ2n) is 4.39. The molecule has 0 spiro atoms. The molecule has 1 N–H and O–H groups in total. The van der Waals surface area contributed by atoms with E-state index in [2.05, 4.69) is 10.3 Å². The normalized spacial score (nSPS) is 17.3. The van der Waals surface area contributed by atoms with E-state index in [0.29, 0.717) is 12.5 Å². The van der Waals surface area contributed by atoms with E-state index in [0.717, 1.165) is 25.2 Å². The highest BCUT2D eigenvalue weighted by Gasteiger charge is 2.36. The summed E-state index contributed by atoms with van der Waals surface area (Å²) in [5.74, 6) is 1.51. The van der Waals surface area contributed by atoms with Crippen molar-refractivity contribution in [3.05, 3.63) is 18.2 Å². The molecule has 2 rings (SSSR count). The second-order valence-corrected chi connectivity index (χ2v) is 4.39. The van der Waals surface area contributed by atoms with Gasteiger partial charge in [-0.05, 0) is 32.3 Å². The molecule has 0 aromatic carbocycles. The Morgan fingerprint density at radius 3 is 2.82 bits per heavy atom. The van der Waals surface area contributed by atoms with E-state index in [4.69, 9.17) is 9.47 Å². The Kier molecular flexibility index (Phi) is 3.84. The van der Waals surface area contributed by atoms with Gasteiger partial charge >= 0.3 is 0 Å². The number of hydrogen-bond acceptors (Lipinski definition) is 4. The van der Waals surface area contributed by atoms with E-state index in [-0.39, 0.29) is 5.60 Å². The van der Waals surface area contributed by atoms with Crippen molar-refractivity contribution in [2.75, 3.05) is 25.6 Å². The molecule has 0 amide bonds. The Labute approximate surface area is 102 Å². The third kappa shape index (κ3) is 2.88. The van der Waals surface area contributed by atoms with Gasteiger partial charge in [0.05, 0.1) is 12.2 Å². The third-order valence-electron chi connectivity index (χ3n) is 3.31. The fourth-order valence-corrected chi connectivity index (χ4v) is 2.02.